The maximum absolute atomic E-state index is 13.5. The topological polar surface area (TPSA) is 64.6 Å². The molecule has 2 aliphatic rings. The second kappa shape index (κ2) is 9.30. The molecule has 1 aliphatic carbocycles. The molecule has 3 aromatic rings. The maximum Gasteiger partial charge on any atom is 0.336 e. The quantitative estimate of drug-likeness (QED) is 0.307. The summed E-state index contributed by atoms with van der Waals surface area (Å²) in [4.78, 5) is 26.3. The van der Waals surface area contributed by atoms with Crippen LogP contribution in [0.15, 0.2) is 83.6 Å². The van der Waals surface area contributed by atoms with Gasteiger partial charge >= 0.3 is 5.97 Å². The molecule has 0 amide bonds. The third-order valence-electron chi connectivity index (χ3n) is 6.23. The summed E-state index contributed by atoms with van der Waals surface area (Å²) in [5, 5.41) is 3.28. The summed E-state index contributed by atoms with van der Waals surface area (Å²) < 4.78 is 25.3. The number of hydrogen-bond acceptors (Lipinski definition) is 5. The van der Waals surface area contributed by atoms with Gasteiger partial charge in [-0.2, -0.15) is 0 Å². The summed E-state index contributed by atoms with van der Waals surface area (Å²) in [7, 11) is 1.34. The first-order chi connectivity index (χ1) is 16.9. The number of Topliss-reactive ketones (excluding diaryl/α,β-unsaturated/α-hetero) is 1. The number of carbonyl (C=O) groups excluding carboxylic acids is 2. The van der Waals surface area contributed by atoms with E-state index in [2.05, 4.69) is 27.9 Å². The van der Waals surface area contributed by atoms with Gasteiger partial charge in [-0.05, 0) is 64.9 Å². The van der Waals surface area contributed by atoms with Gasteiger partial charge in [0.15, 0.2) is 5.78 Å². The van der Waals surface area contributed by atoms with Crippen LogP contribution in [0.5, 0.6) is 5.75 Å². The number of nitrogens with one attached hydrogen (secondary N) is 1. The fourth-order valence-corrected chi connectivity index (χ4v) is 5.34. The molecule has 0 fully saturated rings. The fourth-order valence-electron chi connectivity index (χ4n) is 4.64. The molecule has 0 unspecified atom stereocenters. The molecule has 35 heavy (non-hydrogen) atoms. The van der Waals surface area contributed by atoms with Gasteiger partial charge in [-0.3, -0.25) is 4.79 Å². The van der Waals surface area contributed by atoms with Crippen molar-refractivity contribution in [1.82, 2.24) is 5.32 Å². The predicted octanol–water partition coefficient (Wildman–Crippen LogP) is 5.75. The molecule has 0 saturated carbocycles. The van der Waals surface area contributed by atoms with Crippen molar-refractivity contribution >= 4 is 40.0 Å². The number of carbonyl (C=O) groups is 2. The van der Waals surface area contributed by atoms with Gasteiger partial charge in [0, 0.05) is 28.3 Å². The monoisotopic (exact) mass is 581 g/mol. The Balaban J connectivity index is 1.54. The normalized spacial score (nSPS) is 16.6. The van der Waals surface area contributed by atoms with Crippen LogP contribution in [-0.2, 0) is 16.1 Å². The summed E-state index contributed by atoms with van der Waals surface area (Å²) >= 11 is 2.17. The Bertz CT molecular complexity index is 1440. The van der Waals surface area contributed by atoms with Crippen LogP contribution in [0.3, 0.4) is 0 Å². The van der Waals surface area contributed by atoms with Crippen LogP contribution in [0, 0.1) is 9.39 Å². The average Bonchev–Trinajstić information content (AvgIpc) is 3.13. The summed E-state index contributed by atoms with van der Waals surface area (Å²) in [5.74, 6) is -0.876. The second-order valence-corrected chi connectivity index (χ2v) is 9.52. The van der Waals surface area contributed by atoms with E-state index >= 15 is 0 Å². The van der Waals surface area contributed by atoms with E-state index in [-0.39, 0.29) is 18.2 Å². The van der Waals surface area contributed by atoms with E-state index in [9.17, 15) is 14.0 Å². The van der Waals surface area contributed by atoms with Gasteiger partial charge in [0.2, 0.25) is 0 Å². The van der Waals surface area contributed by atoms with Crippen LogP contribution < -0.4 is 10.1 Å². The van der Waals surface area contributed by atoms with Crippen LogP contribution in [0.25, 0.3) is 5.70 Å². The lowest BCUT2D eigenvalue weighted by Gasteiger charge is -2.29. The number of halogens is 2. The van der Waals surface area contributed by atoms with Gasteiger partial charge in [-0.15, -0.1) is 0 Å². The third-order valence-corrected chi connectivity index (χ3v) is 7.07. The molecule has 0 spiro atoms. The van der Waals surface area contributed by atoms with Gasteiger partial charge < -0.3 is 14.8 Å². The second-order valence-electron chi connectivity index (χ2n) is 8.36. The molecule has 1 atom stereocenters. The Morgan fingerprint density at radius 3 is 2.54 bits per heavy atom. The number of dihydropyridines is 1. The third kappa shape index (κ3) is 4.14. The maximum atomic E-state index is 13.5. The molecule has 0 aromatic heterocycles. The average molecular weight is 581 g/mol. The SMILES string of the molecule is COC(=O)C1=C(C)NC2=C(C(=O)c3ccccc32)[C@H]1c1ccc(OCc2cccc(F)c2)c(I)c1. The highest BCUT2D eigenvalue weighted by molar-refractivity contribution is 14.1. The smallest absolute Gasteiger partial charge is 0.336 e. The Hall–Kier alpha value is -3.46. The van der Waals surface area contributed by atoms with E-state index in [1.165, 1.54) is 19.2 Å². The minimum atomic E-state index is -0.593. The summed E-state index contributed by atoms with van der Waals surface area (Å²) in [6, 6.07) is 19.3. The molecule has 0 bridgehead atoms. The molecule has 0 radical (unpaired) electrons. The van der Waals surface area contributed by atoms with Crippen molar-refractivity contribution in [2.45, 2.75) is 19.4 Å². The lowest BCUT2D eigenvalue weighted by molar-refractivity contribution is -0.136. The molecule has 7 heteroatoms. The van der Waals surface area contributed by atoms with Gasteiger partial charge in [-0.25, -0.2) is 9.18 Å². The first kappa shape index (κ1) is 23.3. The van der Waals surface area contributed by atoms with Crippen LogP contribution >= 0.6 is 22.6 Å². The summed E-state index contributed by atoms with van der Waals surface area (Å²) in [6.45, 7) is 2.03. The highest BCUT2D eigenvalue weighted by Crippen LogP contribution is 2.47. The molecule has 1 N–H and O–H groups in total. The number of benzene rings is 3. The van der Waals surface area contributed by atoms with Gasteiger partial charge in [-0.1, -0.05) is 42.5 Å². The highest BCUT2D eigenvalue weighted by atomic mass is 127. The summed E-state index contributed by atoms with van der Waals surface area (Å²) in [5.41, 5.74) is 5.23. The largest absolute Gasteiger partial charge is 0.488 e. The molecular formula is C28H21FINO4. The van der Waals surface area contributed by atoms with E-state index in [4.69, 9.17) is 9.47 Å². The van der Waals surface area contributed by atoms with Crippen LogP contribution in [0.2, 0.25) is 0 Å². The van der Waals surface area contributed by atoms with E-state index in [1.807, 2.05) is 43.3 Å². The minimum absolute atomic E-state index is 0.108. The zero-order chi connectivity index (χ0) is 24.7. The van der Waals surface area contributed by atoms with E-state index in [1.54, 1.807) is 18.2 Å². The lowest BCUT2D eigenvalue weighted by atomic mass is 9.80. The van der Waals surface area contributed by atoms with Crippen molar-refractivity contribution in [2.24, 2.45) is 0 Å². The van der Waals surface area contributed by atoms with E-state index in [0.29, 0.717) is 28.2 Å². The molecule has 3 aromatic carbocycles. The Morgan fingerprint density at radius 1 is 1.06 bits per heavy atom. The number of hydrogen-bond donors (Lipinski definition) is 1. The van der Waals surface area contributed by atoms with Crippen molar-refractivity contribution in [2.75, 3.05) is 7.11 Å². The molecule has 1 heterocycles. The molecule has 176 valence electrons. The first-order valence-corrected chi connectivity index (χ1v) is 12.1. The van der Waals surface area contributed by atoms with Crippen molar-refractivity contribution < 1.29 is 23.5 Å². The minimum Gasteiger partial charge on any atom is -0.488 e. The molecule has 0 saturated heterocycles. The van der Waals surface area contributed by atoms with Gasteiger partial charge in [0.05, 0.1) is 22.0 Å². The van der Waals surface area contributed by atoms with Crippen molar-refractivity contribution in [1.29, 1.82) is 0 Å². The highest BCUT2D eigenvalue weighted by Gasteiger charge is 2.42. The standard InChI is InChI=1S/C28H21FINO4/c1-15-23(28(33)34-2)24(25-26(31-15)19-8-3-4-9-20(19)27(25)32)17-10-11-22(21(30)13-17)35-14-16-6-5-7-18(29)12-16/h3-13,24,31H,14H2,1-2H3/t24-/m0/s1. The number of allylic oxidation sites excluding steroid dienone is 2. The Kier molecular flexibility index (Phi) is 6.19. The number of ether oxygens (including phenoxy) is 2. The lowest BCUT2D eigenvalue weighted by Crippen LogP contribution is -2.29. The number of rotatable bonds is 5. The Morgan fingerprint density at radius 2 is 1.83 bits per heavy atom. The van der Waals surface area contributed by atoms with Gasteiger partial charge in [0.1, 0.15) is 18.2 Å². The molecular weight excluding hydrogens is 560 g/mol. The molecule has 1 aliphatic heterocycles. The van der Waals surface area contributed by atoms with E-state index < -0.39 is 11.9 Å². The fraction of sp³-hybridized carbons (Fsp3) is 0.143. The van der Waals surface area contributed by atoms with Crippen molar-refractivity contribution in [3.63, 3.8) is 0 Å². The van der Waals surface area contributed by atoms with Crippen LogP contribution in [-0.4, -0.2) is 18.9 Å². The van der Waals surface area contributed by atoms with Crippen molar-refractivity contribution in [3.8, 4) is 5.75 Å². The van der Waals surface area contributed by atoms with Crippen molar-refractivity contribution in [3.05, 3.63) is 115 Å². The number of esters is 1. The Labute approximate surface area is 215 Å². The zero-order valence-corrected chi connectivity index (χ0v) is 21.2. The number of methoxy groups -OCH3 is 1. The first-order valence-electron chi connectivity index (χ1n) is 11.0. The van der Waals surface area contributed by atoms with Gasteiger partial charge in [0.25, 0.3) is 0 Å². The van der Waals surface area contributed by atoms with E-state index in [0.717, 1.165) is 26.0 Å². The predicted molar refractivity (Wildman–Crippen MR) is 138 cm³/mol. The van der Waals surface area contributed by atoms with Crippen LogP contribution in [0.4, 0.5) is 4.39 Å². The number of fused-ring (bicyclic) bond motifs is 2. The number of ketones is 1. The molecule has 5 rings (SSSR count). The zero-order valence-electron chi connectivity index (χ0n) is 19.0. The summed E-state index contributed by atoms with van der Waals surface area (Å²) in [6.07, 6.45) is 0. The molecule has 5 nitrogen and oxygen atoms in total. The van der Waals surface area contributed by atoms with Crippen LogP contribution in [0.1, 0.15) is 39.9 Å².